The number of carboxylic acid groups (broad SMARTS) is 1. The molecule has 114 valence electrons. The van der Waals surface area contributed by atoms with E-state index < -0.39 is 21.9 Å². The number of anilines is 1. The second kappa shape index (κ2) is 5.30. The van der Waals surface area contributed by atoms with E-state index in [1.54, 1.807) is 36.4 Å². The highest BCUT2D eigenvalue weighted by molar-refractivity contribution is 7.92. The number of carboxylic acids is 1. The summed E-state index contributed by atoms with van der Waals surface area (Å²) in [6, 6.07) is 12.6. The molecule has 2 aromatic rings. The maximum absolute atomic E-state index is 12.8. The average molecular weight is 338 g/mol. The van der Waals surface area contributed by atoms with Gasteiger partial charge in [0.15, 0.2) is 0 Å². The number of rotatable bonds is 3. The fourth-order valence-electron chi connectivity index (χ4n) is 2.57. The number of benzene rings is 2. The SMILES string of the molecule is O=C(O)[C@H]1CN(S(=O)(=O)c2cccc(Cl)c2)c2ccccc21. The van der Waals surface area contributed by atoms with Crippen LogP contribution in [0.25, 0.3) is 0 Å². The van der Waals surface area contributed by atoms with E-state index in [0.717, 1.165) is 4.31 Å². The van der Waals surface area contributed by atoms with E-state index in [4.69, 9.17) is 11.6 Å². The lowest BCUT2D eigenvalue weighted by Gasteiger charge is -2.19. The van der Waals surface area contributed by atoms with Crippen LogP contribution in [0.15, 0.2) is 53.4 Å². The molecule has 0 aromatic heterocycles. The van der Waals surface area contributed by atoms with Gasteiger partial charge in [-0.1, -0.05) is 35.9 Å². The third-order valence-electron chi connectivity index (χ3n) is 3.61. The quantitative estimate of drug-likeness (QED) is 0.934. The van der Waals surface area contributed by atoms with Crippen LogP contribution in [0.1, 0.15) is 11.5 Å². The molecular formula is C15H12ClNO4S. The number of sulfonamides is 1. The van der Waals surface area contributed by atoms with Crippen molar-refractivity contribution in [2.75, 3.05) is 10.8 Å². The highest BCUT2D eigenvalue weighted by atomic mass is 35.5. The number of carbonyl (C=O) groups is 1. The molecule has 1 atom stereocenters. The minimum absolute atomic E-state index is 0.0424. The summed E-state index contributed by atoms with van der Waals surface area (Å²) >= 11 is 5.86. The van der Waals surface area contributed by atoms with Gasteiger partial charge in [-0.2, -0.15) is 0 Å². The van der Waals surface area contributed by atoms with Crippen LogP contribution in [0.2, 0.25) is 5.02 Å². The smallest absolute Gasteiger partial charge is 0.312 e. The molecule has 0 amide bonds. The van der Waals surface area contributed by atoms with Crippen molar-refractivity contribution in [1.82, 2.24) is 0 Å². The normalized spacial score (nSPS) is 17.3. The molecule has 1 N–H and O–H groups in total. The van der Waals surface area contributed by atoms with Crippen molar-refractivity contribution in [1.29, 1.82) is 0 Å². The Hall–Kier alpha value is -2.05. The van der Waals surface area contributed by atoms with Gasteiger partial charge in [-0.05, 0) is 29.8 Å². The topological polar surface area (TPSA) is 74.7 Å². The molecule has 5 nitrogen and oxygen atoms in total. The van der Waals surface area contributed by atoms with Gasteiger partial charge in [-0.25, -0.2) is 8.42 Å². The Kier molecular flexibility index (Phi) is 3.58. The van der Waals surface area contributed by atoms with E-state index >= 15 is 0 Å². The van der Waals surface area contributed by atoms with Crippen molar-refractivity contribution in [2.45, 2.75) is 10.8 Å². The molecule has 1 aliphatic heterocycles. The Morgan fingerprint density at radius 3 is 2.59 bits per heavy atom. The Morgan fingerprint density at radius 2 is 1.91 bits per heavy atom. The second-order valence-electron chi connectivity index (χ2n) is 4.94. The average Bonchev–Trinajstić information content (AvgIpc) is 2.87. The number of hydrogen-bond donors (Lipinski definition) is 1. The van der Waals surface area contributed by atoms with Crippen LogP contribution < -0.4 is 4.31 Å². The lowest BCUT2D eigenvalue weighted by atomic mass is 10.0. The number of hydrogen-bond acceptors (Lipinski definition) is 3. The molecule has 1 aliphatic rings. The van der Waals surface area contributed by atoms with Gasteiger partial charge >= 0.3 is 5.97 Å². The van der Waals surface area contributed by atoms with Crippen molar-refractivity contribution in [3.8, 4) is 0 Å². The summed E-state index contributed by atoms with van der Waals surface area (Å²) in [5, 5.41) is 9.62. The highest BCUT2D eigenvalue weighted by Gasteiger charge is 2.39. The summed E-state index contributed by atoms with van der Waals surface area (Å²) < 4.78 is 26.7. The first-order chi connectivity index (χ1) is 10.4. The third-order valence-corrected chi connectivity index (χ3v) is 5.62. The fourth-order valence-corrected chi connectivity index (χ4v) is 4.37. The maximum atomic E-state index is 12.8. The summed E-state index contributed by atoms with van der Waals surface area (Å²) in [6.07, 6.45) is 0. The van der Waals surface area contributed by atoms with Crippen molar-refractivity contribution in [2.24, 2.45) is 0 Å². The van der Waals surface area contributed by atoms with Gasteiger partial charge < -0.3 is 5.11 Å². The lowest BCUT2D eigenvalue weighted by molar-refractivity contribution is -0.138. The van der Waals surface area contributed by atoms with E-state index in [-0.39, 0.29) is 11.4 Å². The molecular weight excluding hydrogens is 326 g/mol. The molecule has 0 aliphatic carbocycles. The summed E-state index contributed by atoms with van der Waals surface area (Å²) in [5.41, 5.74) is 0.899. The predicted molar refractivity (Wildman–Crippen MR) is 82.8 cm³/mol. The van der Waals surface area contributed by atoms with E-state index in [9.17, 15) is 18.3 Å². The molecule has 7 heteroatoms. The summed E-state index contributed by atoms with van der Waals surface area (Å²) in [5.74, 6) is -1.92. The number of aliphatic carboxylic acids is 1. The van der Waals surface area contributed by atoms with Crippen LogP contribution >= 0.6 is 11.6 Å². The van der Waals surface area contributed by atoms with Crippen LogP contribution in [0, 0.1) is 0 Å². The minimum Gasteiger partial charge on any atom is -0.481 e. The molecule has 1 heterocycles. The predicted octanol–water partition coefficient (Wildman–Crippen LogP) is 2.72. The lowest BCUT2D eigenvalue weighted by Crippen LogP contribution is -2.31. The third kappa shape index (κ3) is 2.34. The summed E-state index contributed by atoms with van der Waals surface area (Å²) in [4.78, 5) is 11.4. The Morgan fingerprint density at radius 1 is 1.18 bits per heavy atom. The molecule has 3 rings (SSSR count). The zero-order valence-corrected chi connectivity index (χ0v) is 12.9. The van der Waals surface area contributed by atoms with Crippen molar-refractivity contribution >= 4 is 33.3 Å². The molecule has 0 saturated heterocycles. The van der Waals surface area contributed by atoms with E-state index in [1.807, 2.05) is 0 Å². The summed E-state index contributed by atoms with van der Waals surface area (Å²) in [6.45, 7) is -0.122. The monoisotopic (exact) mass is 337 g/mol. The highest BCUT2D eigenvalue weighted by Crippen LogP contribution is 2.39. The molecule has 0 bridgehead atoms. The number of halogens is 1. The number of nitrogens with zero attached hydrogens (tertiary/aromatic N) is 1. The van der Waals surface area contributed by atoms with Crippen LogP contribution in [-0.4, -0.2) is 26.0 Å². The van der Waals surface area contributed by atoms with Gasteiger partial charge in [0.1, 0.15) is 5.92 Å². The van der Waals surface area contributed by atoms with Crippen molar-refractivity contribution < 1.29 is 18.3 Å². The molecule has 0 unspecified atom stereocenters. The molecule has 2 aromatic carbocycles. The molecule has 22 heavy (non-hydrogen) atoms. The zero-order valence-electron chi connectivity index (χ0n) is 11.3. The molecule has 0 spiro atoms. The number of fused-ring (bicyclic) bond motifs is 1. The van der Waals surface area contributed by atoms with Crippen molar-refractivity contribution in [3.63, 3.8) is 0 Å². The first-order valence-electron chi connectivity index (χ1n) is 6.51. The Bertz CT molecular complexity index is 850. The summed E-state index contributed by atoms with van der Waals surface area (Å²) in [7, 11) is -3.86. The molecule has 0 fully saturated rings. The fraction of sp³-hybridized carbons (Fsp3) is 0.133. The van der Waals surface area contributed by atoms with E-state index in [2.05, 4.69) is 0 Å². The first-order valence-corrected chi connectivity index (χ1v) is 8.33. The van der Waals surface area contributed by atoms with Crippen molar-refractivity contribution in [3.05, 3.63) is 59.1 Å². The van der Waals surface area contributed by atoms with Gasteiger partial charge in [0.2, 0.25) is 0 Å². The number of para-hydroxylation sites is 1. The van der Waals surface area contributed by atoms with Crippen LogP contribution in [0.5, 0.6) is 0 Å². The minimum atomic E-state index is -3.86. The second-order valence-corrected chi connectivity index (χ2v) is 7.24. The molecule has 0 saturated carbocycles. The molecule has 0 radical (unpaired) electrons. The standard InChI is InChI=1S/C15H12ClNO4S/c16-10-4-3-5-11(8-10)22(20,21)17-9-13(15(18)19)12-6-1-2-7-14(12)17/h1-8,13H,9H2,(H,18,19)/t13-/m0/s1. The largest absolute Gasteiger partial charge is 0.481 e. The van der Waals surface area contributed by atoms with Gasteiger partial charge in [-0.15, -0.1) is 0 Å². The Balaban J connectivity index is 2.11. The van der Waals surface area contributed by atoms with Gasteiger partial charge in [0, 0.05) is 5.02 Å². The van der Waals surface area contributed by atoms with E-state index in [0.29, 0.717) is 16.3 Å². The first kappa shape index (κ1) is 14.9. The maximum Gasteiger partial charge on any atom is 0.312 e. The van der Waals surface area contributed by atoms with E-state index in [1.165, 1.54) is 12.1 Å². The van der Waals surface area contributed by atoms with Gasteiger partial charge in [0.25, 0.3) is 10.0 Å². The van der Waals surface area contributed by atoms with Gasteiger partial charge in [-0.3, -0.25) is 9.10 Å². The van der Waals surface area contributed by atoms with Crippen LogP contribution in [0.4, 0.5) is 5.69 Å². The zero-order chi connectivity index (χ0) is 15.9. The van der Waals surface area contributed by atoms with Gasteiger partial charge in [0.05, 0.1) is 17.1 Å². The van der Waals surface area contributed by atoms with Crippen LogP contribution in [0.3, 0.4) is 0 Å². The Labute approximate surface area is 132 Å². The van der Waals surface area contributed by atoms with Crippen LogP contribution in [-0.2, 0) is 14.8 Å².